The summed E-state index contributed by atoms with van der Waals surface area (Å²) in [5.41, 5.74) is 3.42. The van der Waals surface area contributed by atoms with Crippen molar-refractivity contribution in [1.29, 1.82) is 0 Å². The molecule has 0 amide bonds. The summed E-state index contributed by atoms with van der Waals surface area (Å²) in [7, 11) is 0. The van der Waals surface area contributed by atoms with Gasteiger partial charge in [0.1, 0.15) is 12.1 Å². The molecule has 0 saturated heterocycles. The van der Waals surface area contributed by atoms with E-state index in [9.17, 15) is 4.39 Å². The molecule has 2 aromatic heterocycles. The van der Waals surface area contributed by atoms with Crippen molar-refractivity contribution in [2.75, 3.05) is 0 Å². The Morgan fingerprint density at radius 2 is 1.72 bits per heavy atom. The molecule has 0 spiro atoms. The lowest BCUT2D eigenvalue weighted by atomic mass is 10.1. The Kier molecular flexibility index (Phi) is 2.48. The van der Waals surface area contributed by atoms with Gasteiger partial charge in [0, 0.05) is 17.1 Å². The summed E-state index contributed by atoms with van der Waals surface area (Å²) in [5, 5.41) is 0.916. The van der Waals surface area contributed by atoms with Crippen molar-refractivity contribution in [3.63, 3.8) is 0 Å². The van der Waals surface area contributed by atoms with E-state index in [-0.39, 0.29) is 5.82 Å². The molecule has 0 fully saturated rings. The van der Waals surface area contributed by atoms with Crippen molar-refractivity contribution >= 4 is 11.0 Å². The van der Waals surface area contributed by atoms with E-state index in [4.69, 9.17) is 0 Å². The number of halogens is 1. The average molecular weight is 239 g/mol. The van der Waals surface area contributed by atoms with Crippen LogP contribution in [0.25, 0.3) is 22.2 Å². The van der Waals surface area contributed by atoms with Crippen molar-refractivity contribution < 1.29 is 4.39 Å². The molecule has 18 heavy (non-hydrogen) atoms. The molecule has 1 aromatic carbocycles. The first-order valence-corrected chi connectivity index (χ1v) is 5.57. The van der Waals surface area contributed by atoms with Gasteiger partial charge in [0.05, 0.1) is 5.69 Å². The molecule has 0 bridgehead atoms. The van der Waals surface area contributed by atoms with Crippen LogP contribution in [0.4, 0.5) is 4.39 Å². The second-order valence-electron chi connectivity index (χ2n) is 4.06. The quantitative estimate of drug-likeness (QED) is 0.654. The molecule has 3 aromatic rings. The van der Waals surface area contributed by atoms with E-state index >= 15 is 0 Å². The Morgan fingerprint density at radius 1 is 0.944 bits per heavy atom. The molecular weight excluding hydrogens is 229 g/mol. The normalized spacial score (nSPS) is 10.8. The predicted molar refractivity (Wildman–Crippen MR) is 67.5 cm³/mol. The molecular formula is C14H10FN3. The third kappa shape index (κ3) is 1.82. The van der Waals surface area contributed by atoms with Crippen LogP contribution in [0.2, 0.25) is 0 Å². The number of pyridine rings is 1. The summed E-state index contributed by atoms with van der Waals surface area (Å²) in [6.45, 7) is 1.92. The molecule has 4 heteroatoms. The molecule has 3 nitrogen and oxygen atoms in total. The lowest BCUT2D eigenvalue weighted by Crippen LogP contribution is -1.91. The van der Waals surface area contributed by atoms with Crippen molar-refractivity contribution in [2.24, 2.45) is 0 Å². The lowest BCUT2D eigenvalue weighted by Gasteiger charge is -2.04. The van der Waals surface area contributed by atoms with E-state index in [2.05, 4.69) is 15.0 Å². The molecule has 0 aliphatic carbocycles. The van der Waals surface area contributed by atoms with Gasteiger partial charge in [-0.15, -0.1) is 0 Å². The van der Waals surface area contributed by atoms with Gasteiger partial charge in [0.15, 0.2) is 5.65 Å². The van der Waals surface area contributed by atoms with Crippen LogP contribution in [0.15, 0.2) is 42.9 Å². The van der Waals surface area contributed by atoms with Gasteiger partial charge in [0.2, 0.25) is 0 Å². The van der Waals surface area contributed by atoms with Crippen LogP contribution in [-0.2, 0) is 0 Å². The Bertz CT molecular complexity index is 708. The van der Waals surface area contributed by atoms with Gasteiger partial charge in [-0.2, -0.15) is 0 Å². The van der Waals surface area contributed by atoms with E-state index in [0.29, 0.717) is 5.65 Å². The summed E-state index contributed by atoms with van der Waals surface area (Å²) in [6.07, 6.45) is 3.24. The summed E-state index contributed by atoms with van der Waals surface area (Å²) in [5.74, 6) is -0.244. The topological polar surface area (TPSA) is 38.7 Å². The Balaban J connectivity index is 2.18. The number of nitrogens with zero attached hydrogens (tertiary/aromatic N) is 3. The fourth-order valence-electron chi connectivity index (χ4n) is 1.87. The maximum atomic E-state index is 12.9. The van der Waals surface area contributed by atoms with Gasteiger partial charge >= 0.3 is 0 Å². The molecule has 0 N–H and O–H groups in total. The van der Waals surface area contributed by atoms with Crippen LogP contribution in [0.1, 0.15) is 5.69 Å². The summed E-state index contributed by atoms with van der Waals surface area (Å²) < 4.78 is 12.9. The molecule has 0 unspecified atom stereocenters. The maximum absolute atomic E-state index is 12.9. The zero-order valence-electron chi connectivity index (χ0n) is 9.76. The number of benzene rings is 1. The molecule has 3 rings (SSSR count). The van der Waals surface area contributed by atoms with Crippen molar-refractivity contribution in [3.8, 4) is 11.1 Å². The highest BCUT2D eigenvalue weighted by atomic mass is 19.1. The Hall–Kier alpha value is -2.36. The Labute approximate surface area is 103 Å². The summed E-state index contributed by atoms with van der Waals surface area (Å²) in [4.78, 5) is 12.5. The van der Waals surface area contributed by atoms with E-state index in [1.807, 2.05) is 13.0 Å². The minimum atomic E-state index is -0.244. The molecule has 2 heterocycles. The summed E-state index contributed by atoms with van der Waals surface area (Å²) in [6, 6.07) is 8.32. The van der Waals surface area contributed by atoms with Gasteiger partial charge in [-0.05, 0) is 30.7 Å². The van der Waals surface area contributed by atoms with Crippen LogP contribution in [0, 0.1) is 12.7 Å². The van der Waals surface area contributed by atoms with Crippen LogP contribution >= 0.6 is 0 Å². The van der Waals surface area contributed by atoms with E-state index in [0.717, 1.165) is 22.2 Å². The largest absolute Gasteiger partial charge is 0.241 e. The fraction of sp³-hybridized carbons (Fsp3) is 0.0714. The standard InChI is InChI=1S/C14H10FN3/c1-9-13-6-11(7-16-14(13)18-8-17-9)10-2-4-12(15)5-3-10/h2-8H,1H3. The SMILES string of the molecule is Cc1ncnc2ncc(-c3ccc(F)cc3)cc12. The fourth-order valence-corrected chi connectivity index (χ4v) is 1.87. The van der Waals surface area contributed by atoms with Gasteiger partial charge in [-0.25, -0.2) is 19.3 Å². The highest BCUT2D eigenvalue weighted by molar-refractivity contribution is 5.82. The van der Waals surface area contributed by atoms with Crippen LogP contribution in [0.5, 0.6) is 0 Å². The highest BCUT2D eigenvalue weighted by Gasteiger charge is 2.04. The smallest absolute Gasteiger partial charge is 0.162 e. The van der Waals surface area contributed by atoms with Gasteiger partial charge in [0.25, 0.3) is 0 Å². The number of fused-ring (bicyclic) bond motifs is 1. The Morgan fingerprint density at radius 3 is 2.50 bits per heavy atom. The van der Waals surface area contributed by atoms with E-state index < -0.39 is 0 Å². The van der Waals surface area contributed by atoms with Gasteiger partial charge in [-0.1, -0.05) is 12.1 Å². The second-order valence-corrected chi connectivity index (χ2v) is 4.06. The molecule has 0 saturated carbocycles. The molecule has 0 aliphatic rings. The second kappa shape index (κ2) is 4.14. The molecule has 0 radical (unpaired) electrons. The molecule has 0 atom stereocenters. The maximum Gasteiger partial charge on any atom is 0.162 e. The minimum absolute atomic E-state index is 0.244. The van der Waals surface area contributed by atoms with E-state index in [1.54, 1.807) is 18.3 Å². The number of hydrogen-bond donors (Lipinski definition) is 0. The number of aryl methyl sites for hydroxylation is 1. The van der Waals surface area contributed by atoms with Gasteiger partial charge in [-0.3, -0.25) is 0 Å². The minimum Gasteiger partial charge on any atom is -0.241 e. The number of aromatic nitrogens is 3. The molecule has 88 valence electrons. The molecule has 0 aliphatic heterocycles. The third-order valence-electron chi connectivity index (χ3n) is 2.87. The zero-order valence-corrected chi connectivity index (χ0v) is 9.76. The average Bonchev–Trinajstić information content (AvgIpc) is 2.40. The monoisotopic (exact) mass is 239 g/mol. The summed E-state index contributed by atoms with van der Waals surface area (Å²) >= 11 is 0. The van der Waals surface area contributed by atoms with Crippen LogP contribution in [0.3, 0.4) is 0 Å². The van der Waals surface area contributed by atoms with Gasteiger partial charge < -0.3 is 0 Å². The first-order chi connectivity index (χ1) is 8.74. The number of rotatable bonds is 1. The van der Waals surface area contributed by atoms with Crippen LogP contribution < -0.4 is 0 Å². The first kappa shape index (κ1) is 10.8. The first-order valence-electron chi connectivity index (χ1n) is 5.57. The van der Waals surface area contributed by atoms with Crippen LogP contribution in [-0.4, -0.2) is 15.0 Å². The van der Waals surface area contributed by atoms with Crippen molar-refractivity contribution in [2.45, 2.75) is 6.92 Å². The zero-order chi connectivity index (χ0) is 12.5. The predicted octanol–water partition coefficient (Wildman–Crippen LogP) is 3.14. The lowest BCUT2D eigenvalue weighted by molar-refractivity contribution is 0.628. The van der Waals surface area contributed by atoms with Crippen molar-refractivity contribution in [3.05, 3.63) is 54.4 Å². The number of hydrogen-bond acceptors (Lipinski definition) is 3. The van der Waals surface area contributed by atoms with E-state index in [1.165, 1.54) is 18.5 Å². The third-order valence-corrected chi connectivity index (χ3v) is 2.87. The van der Waals surface area contributed by atoms with Crippen molar-refractivity contribution in [1.82, 2.24) is 15.0 Å². The highest BCUT2D eigenvalue weighted by Crippen LogP contribution is 2.23.